The summed E-state index contributed by atoms with van der Waals surface area (Å²) in [4.78, 5) is 25.0. The Morgan fingerprint density at radius 2 is 1.47 bits per heavy atom. The molecule has 2 N–H and O–H groups in total. The molecule has 0 atom stereocenters. The summed E-state index contributed by atoms with van der Waals surface area (Å²) >= 11 is 0. The summed E-state index contributed by atoms with van der Waals surface area (Å²) in [6.45, 7) is 1.69. The number of amides is 1. The molecule has 7 heteroatoms. The van der Waals surface area contributed by atoms with Crippen molar-refractivity contribution >= 4 is 23.5 Å². The van der Waals surface area contributed by atoms with Gasteiger partial charge in [-0.2, -0.15) is 0 Å². The van der Waals surface area contributed by atoms with E-state index in [4.69, 9.17) is 24.7 Å². The van der Waals surface area contributed by atoms with Gasteiger partial charge in [-0.1, -0.05) is 30.3 Å². The number of allylic oxidation sites excluding steroid dienone is 1. The zero-order valence-electron chi connectivity index (χ0n) is 17.6. The van der Waals surface area contributed by atoms with E-state index < -0.39 is 11.9 Å². The standard InChI is InChI=1S/C23H25NO6/c1-14(16-12-18(27-2)21(29-4)19(13-16)28-3)20(23(26)30-5)17(22(24)25)11-15-9-7-6-8-10-15/h6-13H,1-5H3,(H2,24,25)/b17-11+,20-14-. The van der Waals surface area contributed by atoms with Crippen LogP contribution in [0.3, 0.4) is 0 Å². The number of methoxy groups -OCH3 is 4. The molecule has 0 aliphatic rings. The number of benzene rings is 2. The number of carbonyl (C=O) groups is 2. The largest absolute Gasteiger partial charge is 0.493 e. The highest BCUT2D eigenvalue weighted by Crippen LogP contribution is 2.41. The molecule has 0 unspecified atom stereocenters. The van der Waals surface area contributed by atoms with Crippen molar-refractivity contribution in [2.45, 2.75) is 6.92 Å². The van der Waals surface area contributed by atoms with Gasteiger partial charge in [0.15, 0.2) is 11.5 Å². The van der Waals surface area contributed by atoms with Crippen LogP contribution < -0.4 is 19.9 Å². The Labute approximate surface area is 175 Å². The van der Waals surface area contributed by atoms with Crippen molar-refractivity contribution in [2.24, 2.45) is 5.73 Å². The van der Waals surface area contributed by atoms with E-state index in [9.17, 15) is 9.59 Å². The lowest BCUT2D eigenvalue weighted by molar-refractivity contribution is -0.136. The normalized spacial score (nSPS) is 12.0. The lowest BCUT2D eigenvalue weighted by Gasteiger charge is -2.17. The molecule has 1 amide bonds. The molecule has 2 rings (SSSR count). The lowest BCUT2D eigenvalue weighted by atomic mass is 9.93. The molecule has 0 radical (unpaired) electrons. The predicted molar refractivity (Wildman–Crippen MR) is 114 cm³/mol. The average Bonchev–Trinajstić information content (AvgIpc) is 2.77. The third-order valence-corrected chi connectivity index (χ3v) is 4.51. The summed E-state index contributed by atoms with van der Waals surface area (Å²) in [5.74, 6) is -0.231. The van der Waals surface area contributed by atoms with Gasteiger partial charge in [-0.15, -0.1) is 0 Å². The minimum atomic E-state index is -0.758. The van der Waals surface area contributed by atoms with Gasteiger partial charge in [0.25, 0.3) is 0 Å². The van der Waals surface area contributed by atoms with E-state index in [2.05, 4.69) is 0 Å². The number of hydrogen-bond acceptors (Lipinski definition) is 6. The second-order valence-corrected chi connectivity index (χ2v) is 6.24. The molecule has 0 bridgehead atoms. The lowest BCUT2D eigenvalue weighted by Crippen LogP contribution is -2.21. The third kappa shape index (κ3) is 4.81. The minimum absolute atomic E-state index is 0.0271. The quantitative estimate of drug-likeness (QED) is 0.407. The van der Waals surface area contributed by atoms with E-state index in [-0.39, 0.29) is 11.1 Å². The Kier molecular flexibility index (Phi) is 7.63. The van der Waals surface area contributed by atoms with Gasteiger partial charge in [-0.25, -0.2) is 4.79 Å². The van der Waals surface area contributed by atoms with E-state index in [0.29, 0.717) is 33.9 Å². The molecular weight excluding hydrogens is 386 g/mol. The van der Waals surface area contributed by atoms with Crippen LogP contribution in [0.4, 0.5) is 0 Å². The summed E-state index contributed by atoms with van der Waals surface area (Å²) in [5.41, 5.74) is 7.45. The number of esters is 1. The van der Waals surface area contributed by atoms with Crippen molar-refractivity contribution in [2.75, 3.05) is 28.4 Å². The monoisotopic (exact) mass is 411 g/mol. The van der Waals surface area contributed by atoms with Gasteiger partial charge in [-0.3, -0.25) is 4.79 Å². The maximum atomic E-state index is 12.7. The van der Waals surface area contributed by atoms with Crippen LogP contribution in [0.1, 0.15) is 18.1 Å². The molecule has 0 aliphatic carbocycles. The highest BCUT2D eigenvalue weighted by Gasteiger charge is 2.25. The van der Waals surface area contributed by atoms with Crippen molar-refractivity contribution in [1.29, 1.82) is 0 Å². The van der Waals surface area contributed by atoms with Crippen LogP contribution in [-0.2, 0) is 14.3 Å². The first-order chi connectivity index (χ1) is 14.4. The number of nitrogens with two attached hydrogens (primary N) is 1. The summed E-state index contributed by atoms with van der Waals surface area (Å²) < 4.78 is 21.1. The van der Waals surface area contributed by atoms with Crippen LogP contribution in [0.25, 0.3) is 11.6 Å². The first-order valence-electron chi connectivity index (χ1n) is 9.04. The number of ether oxygens (including phenoxy) is 4. The van der Waals surface area contributed by atoms with Crippen molar-refractivity contribution in [3.63, 3.8) is 0 Å². The fourth-order valence-electron chi connectivity index (χ4n) is 2.99. The highest BCUT2D eigenvalue weighted by molar-refractivity contribution is 6.15. The molecule has 0 heterocycles. The molecule has 2 aromatic rings. The van der Waals surface area contributed by atoms with Crippen LogP contribution in [0, 0.1) is 0 Å². The summed E-state index contributed by atoms with van der Waals surface area (Å²) in [6, 6.07) is 12.4. The molecule has 0 spiro atoms. The molecule has 2 aromatic carbocycles. The number of hydrogen-bond donors (Lipinski definition) is 1. The van der Waals surface area contributed by atoms with Crippen LogP contribution in [0.15, 0.2) is 53.6 Å². The Morgan fingerprint density at radius 3 is 1.90 bits per heavy atom. The predicted octanol–water partition coefficient (Wildman–Crippen LogP) is 3.23. The highest BCUT2D eigenvalue weighted by atomic mass is 16.5. The maximum absolute atomic E-state index is 12.7. The molecule has 0 fully saturated rings. The topological polar surface area (TPSA) is 97.1 Å². The second kappa shape index (κ2) is 10.2. The van der Waals surface area contributed by atoms with Crippen LogP contribution in [-0.4, -0.2) is 40.3 Å². The van der Waals surface area contributed by atoms with Gasteiger partial charge in [0.05, 0.1) is 39.6 Å². The molecule has 0 aromatic heterocycles. The van der Waals surface area contributed by atoms with Gasteiger partial charge < -0.3 is 24.7 Å². The summed E-state index contributed by atoms with van der Waals surface area (Å²) in [6.07, 6.45) is 1.55. The molecule has 30 heavy (non-hydrogen) atoms. The fraction of sp³-hybridized carbons (Fsp3) is 0.217. The van der Waals surface area contributed by atoms with Gasteiger partial charge in [0.2, 0.25) is 11.7 Å². The SMILES string of the molecule is COC(=O)C(=C(/C)c1cc(OC)c(OC)c(OC)c1)/C(=C\c1ccccc1)C(N)=O. The Balaban J connectivity index is 2.80. The van der Waals surface area contributed by atoms with Gasteiger partial charge >= 0.3 is 5.97 Å². The summed E-state index contributed by atoms with van der Waals surface area (Å²) in [5, 5.41) is 0. The van der Waals surface area contributed by atoms with E-state index in [1.54, 1.807) is 37.3 Å². The molecular formula is C23H25NO6. The first kappa shape index (κ1) is 22.5. The van der Waals surface area contributed by atoms with E-state index in [0.717, 1.165) is 0 Å². The van der Waals surface area contributed by atoms with Crippen molar-refractivity contribution in [3.8, 4) is 17.2 Å². The van der Waals surface area contributed by atoms with Crippen LogP contribution in [0.2, 0.25) is 0 Å². The fourth-order valence-corrected chi connectivity index (χ4v) is 2.99. The minimum Gasteiger partial charge on any atom is -0.493 e. The zero-order chi connectivity index (χ0) is 22.3. The molecule has 158 valence electrons. The Morgan fingerprint density at radius 1 is 0.900 bits per heavy atom. The van der Waals surface area contributed by atoms with Gasteiger partial charge in [-0.05, 0) is 41.8 Å². The van der Waals surface area contributed by atoms with Crippen molar-refractivity contribution < 1.29 is 28.5 Å². The smallest absolute Gasteiger partial charge is 0.338 e. The van der Waals surface area contributed by atoms with Crippen LogP contribution in [0.5, 0.6) is 17.2 Å². The van der Waals surface area contributed by atoms with Gasteiger partial charge in [0.1, 0.15) is 0 Å². The average molecular weight is 411 g/mol. The third-order valence-electron chi connectivity index (χ3n) is 4.51. The number of carbonyl (C=O) groups excluding carboxylic acids is 2. The second-order valence-electron chi connectivity index (χ2n) is 6.24. The number of rotatable bonds is 8. The summed E-state index contributed by atoms with van der Waals surface area (Å²) in [7, 11) is 5.72. The van der Waals surface area contributed by atoms with Crippen molar-refractivity contribution in [3.05, 3.63) is 64.7 Å². The number of primary amides is 1. The van der Waals surface area contributed by atoms with Crippen LogP contribution >= 0.6 is 0 Å². The molecule has 7 nitrogen and oxygen atoms in total. The zero-order valence-corrected chi connectivity index (χ0v) is 17.6. The molecule has 0 saturated carbocycles. The van der Waals surface area contributed by atoms with E-state index in [1.165, 1.54) is 28.4 Å². The van der Waals surface area contributed by atoms with E-state index >= 15 is 0 Å². The Bertz CT molecular complexity index is 967. The van der Waals surface area contributed by atoms with Gasteiger partial charge in [0, 0.05) is 0 Å². The van der Waals surface area contributed by atoms with E-state index in [1.807, 2.05) is 18.2 Å². The maximum Gasteiger partial charge on any atom is 0.338 e. The molecule has 0 aliphatic heterocycles. The van der Waals surface area contributed by atoms with Crippen molar-refractivity contribution in [1.82, 2.24) is 0 Å². The first-order valence-corrected chi connectivity index (χ1v) is 9.04. The molecule has 0 saturated heterocycles. The Hall–Kier alpha value is -3.74.